The summed E-state index contributed by atoms with van der Waals surface area (Å²) in [5.74, 6) is 0.761. The number of sulfone groups is 1. The highest BCUT2D eigenvalue weighted by Crippen LogP contribution is 2.13. The summed E-state index contributed by atoms with van der Waals surface area (Å²) in [6.07, 6.45) is 0.667. The van der Waals surface area contributed by atoms with Crippen molar-refractivity contribution >= 4 is 45.7 Å². The van der Waals surface area contributed by atoms with Crippen molar-refractivity contribution in [1.82, 2.24) is 20.4 Å². The van der Waals surface area contributed by atoms with Crippen LogP contribution in [-0.4, -0.2) is 87.7 Å². The second-order valence-corrected chi connectivity index (χ2v) is 9.91. The van der Waals surface area contributed by atoms with Crippen molar-refractivity contribution in [1.29, 1.82) is 0 Å². The van der Waals surface area contributed by atoms with E-state index in [0.29, 0.717) is 23.8 Å². The van der Waals surface area contributed by atoms with Gasteiger partial charge in [0.1, 0.15) is 0 Å². The first-order valence-electron chi connectivity index (χ1n) is 10.5. The molecule has 1 saturated heterocycles. The van der Waals surface area contributed by atoms with Crippen LogP contribution in [0, 0.1) is 0 Å². The lowest BCUT2D eigenvalue weighted by Crippen LogP contribution is -2.56. The summed E-state index contributed by atoms with van der Waals surface area (Å²) in [7, 11) is -1.67. The predicted molar refractivity (Wildman–Crippen MR) is 136 cm³/mol. The molecule has 1 fully saturated rings. The van der Waals surface area contributed by atoms with E-state index >= 15 is 0 Å². The maximum absolute atomic E-state index is 12.7. The number of carbonyl (C=O) groups is 1. The third-order valence-electron chi connectivity index (χ3n) is 5.05. The SMILES string of the molecule is CCC(CS(=O)(=O)c1ccccc1)NC(=NC)N1CCN(CC(=O)NC(C)C)CC1.I. The van der Waals surface area contributed by atoms with E-state index in [4.69, 9.17) is 0 Å². The van der Waals surface area contributed by atoms with Gasteiger partial charge in [-0.1, -0.05) is 25.1 Å². The van der Waals surface area contributed by atoms with Crippen LogP contribution in [0.5, 0.6) is 0 Å². The highest BCUT2D eigenvalue weighted by atomic mass is 127. The number of nitrogens with zero attached hydrogens (tertiary/aromatic N) is 3. The Kier molecular flexibility index (Phi) is 11.8. The van der Waals surface area contributed by atoms with Crippen LogP contribution < -0.4 is 10.6 Å². The Morgan fingerprint density at radius 2 is 1.71 bits per heavy atom. The molecule has 2 rings (SSSR count). The van der Waals surface area contributed by atoms with Gasteiger partial charge in [0.2, 0.25) is 5.91 Å². The second kappa shape index (κ2) is 13.2. The average Bonchev–Trinajstić information content (AvgIpc) is 2.71. The maximum Gasteiger partial charge on any atom is 0.234 e. The van der Waals surface area contributed by atoms with Crippen LogP contribution in [-0.2, 0) is 14.6 Å². The van der Waals surface area contributed by atoms with Crippen molar-refractivity contribution in [3.05, 3.63) is 30.3 Å². The number of hydrogen-bond donors (Lipinski definition) is 2. The Balaban J connectivity index is 0.00000480. The molecule has 10 heteroatoms. The minimum absolute atomic E-state index is 0. The van der Waals surface area contributed by atoms with Crippen LogP contribution in [0.3, 0.4) is 0 Å². The fourth-order valence-corrected chi connectivity index (χ4v) is 5.03. The van der Waals surface area contributed by atoms with E-state index in [9.17, 15) is 13.2 Å². The van der Waals surface area contributed by atoms with E-state index in [1.54, 1.807) is 31.3 Å². The Bertz CT molecular complexity index is 810. The van der Waals surface area contributed by atoms with E-state index < -0.39 is 9.84 Å². The number of aliphatic imine (C=N–C) groups is 1. The molecular weight excluding hydrogens is 529 g/mol. The molecular formula is C21H36IN5O3S. The molecule has 0 spiro atoms. The van der Waals surface area contributed by atoms with Gasteiger partial charge in [-0.25, -0.2) is 8.42 Å². The van der Waals surface area contributed by atoms with Crippen molar-refractivity contribution in [2.24, 2.45) is 4.99 Å². The molecule has 1 unspecified atom stereocenters. The van der Waals surface area contributed by atoms with Gasteiger partial charge in [0.15, 0.2) is 15.8 Å². The topological polar surface area (TPSA) is 94.1 Å². The zero-order valence-corrected chi connectivity index (χ0v) is 22.0. The minimum atomic E-state index is -3.38. The van der Waals surface area contributed by atoms with Crippen LogP contribution in [0.15, 0.2) is 40.2 Å². The van der Waals surface area contributed by atoms with Gasteiger partial charge in [-0.05, 0) is 32.4 Å². The number of rotatable bonds is 8. The Hall–Kier alpha value is -1.40. The first-order valence-corrected chi connectivity index (χ1v) is 12.2. The Morgan fingerprint density at radius 3 is 2.23 bits per heavy atom. The molecule has 1 heterocycles. The molecule has 1 amide bonds. The zero-order valence-electron chi connectivity index (χ0n) is 18.9. The summed E-state index contributed by atoms with van der Waals surface area (Å²) in [5.41, 5.74) is 0. The summed E-state index contributed by atoms with van der Waals surface area (Å²) in [6.45, 7) is 9.24. The number of guanidine groups is 1. The van der Waals surface area contributed by atoms with Gasteiger partial charge < -0.3 is 15.5 Å². The summed E-state index contributed by atoms with van der Waals surface area (Å²) >= 11 is 0. The largest absolute Gasteiger partial charge is 0.353 e. The highest BCUT2D eigenvalue weighted by molar-refractivity contribution is 14.0. The molecule has 0 aliphatic carbocycles. The summed E-state index contributed by atoms with van der Waals surface area (Å²) < 4.78 is 25.5. The molecule has 0 bridgehead atoms. The standard InChI is InChI=1S/C21H35N5O3S.HI/c1-5-18(16-30(28,29)19-9-7-6-8-10-19)24-21(22-4)26-13-11-25(12-14-26)15-20(27)23-17(2)3;/h6-10,17-18H,5,11-16H2,1-4H3,(H,22,24)(H,23,27);1H. The quantitative estimate of drug-likeness (QED) is 0.283. The molecule has 1 aromatic rings. The molecule has 31 heavy (non-hydrogen) atoms. The average molecular weight is 566 g/mol. The van der Waals surface area contributed by atoms with Crippen LogP contribution >= 0.6 is 24.0 Å². The minimum Gasteiger partial charge on any atom is -0.353 e. The lowest BCUT2D eigenvalue weighted by Gasteiger charge is -2.37. The number of carbonyl (C=O) groups excluding carboxylic acids is 1. The number of halogens is 1. The number of nitrogens with one attached hydrogen (secondary N) is 2. The predicted octanol–water partition coefficient (Wildman–Crippen LogP) is 1.57. The van der Waals surface area contributed by atoms with Gasteiger partial charge >= 0.3 is 0 Å². The fourth-order valence-electron chi connectivity index (χ4n) is 3.42. The van der Waals surface area contributed by atoms with Gasteiger partial charge in [-0.3, -0.25) is 14.7 Å². The number of amides is 1. The van der Waals surface area contributed by atoms with Gasteiger partial charge in [0, 0.05) is 45.3 Å². The molecule has 0 radical (unpaired) electrons. The molecule has 176 valence electrons. The Morgan fingerprint density at radius 1 is 1.10 bits per heavy atom. The first kappa shape index (κ1) is 27.6. The van der Waals surface area contributed by atoms with E-state index in [0.717, 1.165) is 26.2 Å². The molecule has 0 aromatic heterocycles. The maximum atomic E-state index is 12.7. The third-order valence-corrected chi connectivity index (χ3v) is 6.88. The van der Waals surface area contributed by atoms with Gasteiger partial charge in [0.25, 0.3) is 0 Å². The molecule has 0 saturated carbocycles. The summed E-state index contributed by atoms with van der Waals surface area (Å²) in [5, 5.41) is 6.25. The highest BCUT2D eigenvalue weighted by Gasteiger charge is 2.25. The second-order valence-electron chi connectivity index (χ2n) is 7.88. The van der Waals surface area contributed by atoms with E-state index in [-0.39, 0.29) is 47.7 Å². The summed E-state index contributed by atoms with van der Waals surface area (Å²) in [6, 6.07) is 8.45. The van der Waals surface area contributed by atoms with E-state index in [1.165, 1.54) is 0 Å². The van der Waals surface area contributed by atoms with Crippen molar-refractivity contribution < 1.29 is 13.2 Å². The van der Waals surface area contributed by atoms with Crippen molar-refractivity contribution in [3.8, 4) is 0 Å². The van der Waals surface area contributed by atoms with Gasteiger partial charge in [0.05, 0.1) is 17.2 Å². The van der Waals surface area contributed by atoms with Crippen LogP contribution in [0.2, 0.25) is 0 Å². The lowest BCUT2D eigenvalue weighted by molar-refractivity contribution is -0.123. The molecule has 1 aliphatic rings. The number of benzene rings is 1. The molecule has 8 nitrogen and oxygen atoms in total. The fraction of sp³-hybridized carbons (Fsp3) is 0.619. The van der Waals surface area contributed by atoms with Crippen molar-refractivity contribution in [2.45, 2.75) is 44.2 Å². The van der Waals surface area contributed by atoms with Crippen LogP contribution in [0.25, 0.3) is 0 Å². The Labute approximate surface area is 203 Å². The zero-order chi connectivity index (χ0) is 22.1. The van der Waals surface area contributed by atoms with Crippen molar-refractivity contribution in [2.75, 3.05) is 45.5 Å². The third kappa shape index (κ3) is 8.93. The van der Waals surface area contributed by atoms with E-state index in [1.807, 2.05) is 26.8 Å². The van der Waals surface area contributed by atoms with Crippen LogP contribution in [0.1, 0.15) is 27.2 Å². The van der Waals surface area contributed by atoms with Crippen molar-refractivity contribution in [3.63, 3.8) is 0 Å². The molecule has 2 N–H and O–H groups in total. The monoisotopic (exact) mass is 565 g/mol. The van der Waals surface area contributed by atoms with E-state index in [2.05, 4.69) is 25.4 Å². The lowest BCUT2D eigenvalue weighted by atomic mass is 10.2. The normalized spacial score (nSPS) is 16.5. The van der Waals surface area contributed by atoms with Crippen LogP contribution in [0.4, 0.5) is 0 Å². The van der Waals surface area contributed by atoms with Gasteiger partial charge in [-0.2, -0.15) is 0 Å². The molecule has 1 atom stereocenters. The molecule has 1 aliphatic heterocycles. The number of hydrogen-bond acceptors (Lipinski definition) is 5. The molecule has 1 aromatic carbocycles. The first-order chi connectivity index (χ1) is 14.2. The summed E-state index contributed by atoms with van der Waals surface area (Å²) in [4.78, 5) is 20.9. The van der Waals surface area contributed by atoms with Gasteiger partial charge in [-0.15, -0.1) is 24.0 Å². The number of piperazine rings is 1. The smallest absolute Gasteiger partial charge is 0.234 e.